The molecule has 2 rings (SSSR count). The molecule has 1 aromatic carbocycles. The number of halogens is 2. The van der Waals surface area contributed by atoms with Gasteiger partial charge in [0.05, 0.1) is 6.61 Å². The van der Waals surface area contributed by atoms with Gasteiger partial charge in [-0.2, -0.15) is 8.78 Å². The van der Waals surface area contributed by atoms with Crippen molar-refractivity contribution in [2.45, 2.75) is 71.5 Å². The van der Waals surface area contributed by atoms with Crippen molar-refractivity contribution in [1.82, 2.24) is 0 Å². The summed E-state index contributed by atoms with van der Waals surface area (Å²) >= 11 is 0. The standard InChI is InChI=1S/C21H30F2O/c1-3-4-5-6-18-11-13-19(14-12-18)15-21(22,23)24-16-20-9-7-17(2)8-10-20/h3-4,7-10,18-19H,5-6,11-16H2,1-2H3/t18-,19-. The highest BCUT2D eigenvalue weighted by Crippen LogP contribution is 2.38. The van der Waals surface area contributed by atoms with Crippen molar-refractivity contribution in [1.29, 1.82) is 0 Å². The van der Waals surface area contributed by atoms with Crippen LogP contribution in [-0.4, -0.2) is 6.11 Å². The Kier molecular flexibility index (Phi) is 7.41. The lowest BCUT2D eigenvalue weighted by molar-refractivity contribution is -0.256. The lowest BCUT2D eigenvalue weighted by atomic mass is 9.78. The zero-order chi connectivity index (χ0) is 17.4. The highest BCUT2D eigenvalue weighted by Gasteiger charge is 2.35. The average Bonchev–Trinajstić information content (AvgIpc) is 2.56. The van der Waals surface area contributed by atoms with Gasteiger partial charge in [-0.3, -0.25) is 0 Å². The lowest BCUT2D eigenvalue weighted by Crippen LogP contribution is -2.27. The molecule has 1 aliphatic rings. The molecule has 1 nitrogen and oxygen atoms in total. The molecule has 1 saturated carbocycles. The number of alkyl halides is 2. The third-order valence-electron chi connectivity index (χ3n) is 5.04. The molecule has 0 saturated heterocycles. The Morgan fingerprint density at radius 2 is 1.71 bits per heavy atom. The van der Waals surface area contributed by atoms with E-state index in [1.165, 1.54) is 6.42 Å². The molecule has 24 heavy (non-hydrogen) atoms. The Labute approximate surface area is 145 Å². The smallest absolute Gasteiger partial charge is 0.316 e. The fourth-order valence-electron chi connectivity index (χ4n) is 3.49. The van der Waals surface area contributed by atoms with Crippen LogP contribution in [0.15, 0.2) is 36.4 Å². The molecule has 1 aliphatic carbocycles. The van der Waals surface area contributed by atoms with E-state index in [0.717, 1.165) is 43.2 Å². The molecule has 0 heterocycles. The first-order valence-corrected chi connectivity index (χ1v) is 9.17. The van der Waals surface area contributed by atoms with Gasteiger partial charge in [-0.1, -0.05) is 54.8 Å². The molecule has 134 valence electrons. The van der Waals surface area contributed by atoms with Crippen molar-refractivity contribution in [2.24, 2.45) is 11.8 Å². The summed E-state index contributed by atoms with van der Waals surface area (Å²) < 4.78 is 33.1. The van der Waals surface area contributed by atoms with Crippen molar-refractivity contribution in [3.05, 3.63) is 47.5 Å². The zero-order valence-corrected chi connectivity index (χ0v) is 14.9. The van der Waals surface area contributed by atoms with E-state index in [-0.39, 0.29) is 18.9 Å². The van der Waals surface area contributed by atoms with Crippen LogP contribution >= 0.6 is 0 Å². The Hall–Kier alpha value is -1.22. The summed E-state index contributed by atoms with van der Waals surface area (Å²) in [6.07, 6.45) is 7.39. The van der Waals surface area contributed by atoms with Crippen molar-refractivity contribution < 1.29 is 13.5 Å². The predicted octanol–water partition coefficient (Wildman–Crippen LogP) is 6.66. The normalized spacial score (nSPS) is 22.2. The number of hydrogen-bond acceptors (Lipinski definition) is 1. The molecule has 3 heteroatoms. The van der Waals surface area contributed by atoms with Crippen molar-refractivity contribution in [2.75, 3.05) is 0 Å². The minimum absolute atomic E-state index is 0.0218. The number of allylic oxidation sites excluding steroid dienone is 2. The van der Waals surface area contributed by atoms with Gasteiger partial charge >= 0.3 is 6.11 Å². The number of ether oxygens (including phenoxy) is 1. The third-order valence-corrected chi connectivity index (χ3v) is 5.04. The van der Waals surface area contributed by atoms with E-state index in [0.29, 0.717) is 5.92 Å². The van der Waals surface area contributed by atoms with Gasteiger partial charge in [0.15, 0.2) is 0 Å². The van der Waals surface area contributed by atoms with Gasteiger partial charge in [-0.25, -0.2) is 0 Å². The summed E-state index contributed by atoms with van der Waals surface area (Å²) in [6, 6.07) is 7.54. The molecular weight excluding hydrogens is 306 g/mol. The highest BCUT2D eigenvalue weighted by atomic mass is 19.3. The summed E-state index contributed by atoms with van der Waals surface area (Å²) in [5, 5.41) is 0. The van der Waals surface area contributed by atoms with E-state index >= 15 is 0 Å². The number of rotatable bonds is 8. The van der Waals surface area contributed by atoms with Crippen LogP contribution in [-0.2, 0) is 11.3 Å². The van der Waals surface area contributed by atoms with Crippen LogP contribution in [0.1, 0.15) is 63.0 Å². The van der Waals surface area contributed by atoms with Crippen LogP contribution in [0.2, 0.25) is 0 Å². The molecule has 0 unspecified atom stereocenters. The first-order valence-electron chi connectivity index (χ1n) is 9.17. The Morgan fingerprint density at radius 3 is 2.33 bits per heavy atom. The summed E-state index contributed by atoms with van der Waals surface area (Å²) in [4.78, 5) is 0. The predicted molar refractivity (Wildman–Crippen MR) is 95.0 cm³/mol. The van der Waals surface area contributed by atoms with E-state index in [2.05, 4.69) is 12.2 Å². The Morgan fingerprint density at radius 1 is 1.08 bits per heavy atom. The topological polar surface area (TPSA) is 9.23 Å². The SMILES string of the molecule is CC=CCC[C@H]1CC[C@H](CC(F)(F)OCc2ccc(C)cc2)CC1. The van der Waals surface area contributed by atoms with Gasteiger partial charge in [-0.05, 0) is 56.9 Å². The lowest BCUT2D eigenvalue weighted by Gasteiger charge is -2.30. The monoisotopic (exact) mass is 336 g/mol. The van der Waals surface area contributed by atoms with Gasteiger partial charge in [0.2, 0.25) is 0 Å². The number of hydrogen-bond donors (Lipinski definition) is 0. The maximum absolute atomic E-state index is 14.1. The molecular formula is C21H30F2O. The summed E-state index contributed by atoms with van der Waals surface area (Å²) in [7, 11) is 0. The van der Waals surface area contributed by atoms with Gasteiger partial charge in [0.1, 0.15) is 0 Å². The van der Waals surface area contributed by atoms with Gasteiger partial charge in [-0.15, -0.1) is 0 Å². The van der Waals surface area contributed by atoms with E-state index in [4.69, 9.17) is 4.74 Å². The number of benzene rings is 1. The molecule has 0 amide bonds. The van der Waals surface area contributed by atoms with Gasteiger partial charge < -0.3 is 4.74 Å². The van der Waals surface area contributed by atoms with E-state index in [9.17, 15) is 8.78 Å². The second-order valence-electron chi connectivity index (χ2n) is 7.15. The van der Waals surface area contributed by atoms with Crippen LogP contribution in [0, 0.1) is 18.8 Å². The number of aryl methyl sites for hydroxylation is 1. The summed E-state index contributed by atoms with van der Waals surface area (Å²) in [5.41, 5.74) is 1.92. The van der Waals surface area contributed by atoms with Gasteiger partial charge in [0, 0.05) is 6.42 Å². The van der Waals surface area contributed by atoms with Gasteiger partial charge in [0.25, 0.3) is 0 Å². The summed E-state index contributed by atoms with van der Waals surface area (Å²) in [6.45, 7) is 4.00. The molecule has 0 radical (unpaired) electrons. The fraction of sp³-hybridized carbons (Fsp3) is 0.619. The fourth-order valence-corrected chi connectivity index (χ4v) is 3.49. The van der Waals surface area contributed by atoms with Crippen molar-refractivity contribution in [3.8, 4) is 0 Å². The zero-order valence-electron chi connectivity index (χ0n) is 14.9. The van der Waals surface area contributed by atoms with E-state index in [1.54, 1.807) is 0 Å². The van der Waals surface area contributed by atoms with Crippen LogP contribution in [0.4, 0.5) is 8.78 Å². The van der Waals surface area contributed by atoms with Crippen LogP contribution in [0.25, 0.3) is 0 Å². The Bertz CT molecular complexity index is 499. The second-order valence-corrected chi connectivity index (χ2v) is 7.15. The van der Waals surface area contributed by atoms with E-state index < -0.39 is 6.11 Å². The minimum atomic E-state index is -3.02. The van der Waals surface area contributed by atoms with Crippen molar-refractivity contribution >= 4 is 0 Å². The van der Waals surface area contributed by atoms with Crippen molar-refractivity contribution in [3.63, 3.8) is 0 Å². The van der Waals surface area contributed by atoms with Crippen LogP contribution in [0.5, 0.6) is 0 Å². The van der Waals surface area contributed by atoms with E-state index in [1.807, 2.05) is 38.1 Å². The first kappa shape index (κ1) is 19.1. The minimum Gasteiger partial charge on any atom is -0.316 e. The molecule has 1 aromatic rings. The quantitative estimate of drug-likeness (QED) is 0.482. The first-order chi connectivity index (χ1) is 11.5. The molecule has 0 aliphatic heterocycles. The Balaban J connectivity index is 1.71. The molecule has 0 spiro atoms. The largest absolute Gasteiger partial charge is 0.356 e. The third kappa shape index (κ3) is 6.72. The molecule has 0 bridgehead atoms. The van der Waals surface area contributed by atoms with Crippen LogP contribution < -0.4 is 0 Å². The summed E-state index contributed by atoms with van der Waals surface area (Å²) in [5.74, 6) is 0.801. The maximum Gasteiger partial charge on any atom is 0.356 e. The molecule has 0 N–H and O–H groups in total. The second kappa shape index (κ2) is 9.31. The molecule has 0 aromatic heterocycles. The van der Waals surface area contributed by atoms with Crippen LogP contribution in [0.3, 0.4) is 0 Å². The molecule has 1 fully saturated rings. The highest BCUT2D eigenvalue weighted by molar-refractivity contribution is 5.20. The average molecular weight is 336 g/mol. The molecule has 0 atom stereocenters. The maximum atomic E-state index is 14.1.